The summed E-state index contributed by atoms with van der Waals surface area (Å²) in [6.45, 7) is -0.0792. The van der Waals surface area contributed by atoms with Crippen LogP contribution in [0, 0.1) is 0 Å². The number of fused-ring (bicyclic) bond motifs is 1. The van der Waals surface area contributed by atoms with E-state index in [9.17, 15) is 13.2 Å². The number of sulfone groups is 1. The van der Waals surface area contributed by atoms with Crippen LogP contribution in [0.15, 0.2) is 83.9 Å². The molecule has 4 aromatic rings. The molecule has 0 aliphatic heterocycles. The van der Waals surface area contributed by atoms with Crippen LogP contribution in [-0.4, -0.2) is 18.9 Å². The molecule has 3 aromatic carbocycles. The molecule has 0 aliphatic carbocycles. The van der Waals surface area contributed by atoms with Crippen LogP contribution in [0.4, 0.5) is 5.69 Å². The Labute approximate surface area is 190 Å². The summed E-state index contributed by atoms with van der Waals surface area (Å²) in [5.74, 6) is -0.469. The fourth-order valence-corrected chi connectivity index (χ4v) is 5.32. The van der Waals surface area contributed by atoms with E-state index in [-0.39, 0.29) is 23.1 Å². The zero-order valence-corrected chi connectivity index (χ0v) is 18.6. The van der Waals surface area contributed by atoms with E-state index < -0.39 is 9.84 Å². The molecule has 0 atom stereocenters. The van der Waals surface area contributed by atoms with Crippen molar-refractivity contribution < 1.29 is 13.2 Å². The summed E-state index contributed by atoms with van der Waals surface area (Å²) in [5.41, 5.74) is 1.75. The van der Waals surface area contributed by atoms with E-state index >= 15 is 0 Å². The molecule has 0 radical (unpaired) electrons. The first kappa shape index (κ1) is 21.4. The number of nitrogens with one attached hydrogen (secondary N) is 1. The molecule has 1 aromatic heterocycles. The second kappa shape index (κ2) is 8.75. The Kier molecular flexibility index (Phi) is 6.05. The minimum absolute atomic E-state index is 0.0792. The molecule has 31 heavy (non-hydrogen) atoms. The van der Waals surface area contributed by atoms with E-state index in [0.717, 1.165) is 0 Å². The van der Waals surface area contributed by atoms with Crippen molar-refractivity contribution in [1.29, 1.82) is 0 Å². The Morgan fingerprint density at radius 1 is 0.935 bits per heavy atom. The Morgan fingerprint density at radius 2 is 1.65 bits per heavy atom. The average molecular weight is 473 g/mol. The molecular formula is C23H18Cl2N2O3S. The van der Waals surface area contributed by atoms with Gasteiger partial charge in [0.25, 0.3) is 0 Å². The molecule has 0 saturated carbocycles. The average Bonchev–Trinajstić information content (AvgIpc) is 3.11. The number of nitrogens with zero attached hydrogens (tertiary/aromatic N) is 1. The molecule has 0 aliphatic rings. The number of halogens is 2. The third-order valence-corrected chi connectivity index (χ3v) is 7.08. The Bertz CT molecular complexity index is 1370. The monoisotopic (exact) mass is 472 g/mol. The predicted molar refractivity (Wildman–Crippen MR) is 124 cm³/mol. The van der Waals surface area contributed by atoms with Gasteiger partial charge in [-0.3, -0.25) is 4.79 Å². The van der Waals surface area contributed by atoms with Gasteiger partial charge in [0.2, 0.25) is 5.91 Å². The lowest BCUT2D eigenvalue weighted by Crippen LogP contribution is -2.18. The van der Waals surface area contributed by atoms with Crippen molar-refractivity contribution in [2.24, 2.45) is 0 Å². The molecule has 1 amide bonds. The van der Waals surface area contributed by atoms with Crippen molar-refractivity contribution in [1.82, 2.24) is 4.57 Å². The standard InChI is InChI=1S/C23H18Cl2N2O3S/c24-17-10-11-19(25)20(12-17)26-23(28)14-27-13-22(18-8-4-5-9-21(18)27)31(29,30)15-16-6-2-1-3-7-16/h1-13H,14-15H2,(H,26,28). The van der Waals surface area contributed by atoms with Gasteiger partial charge >= 0.3 is 0 Å². The molecule has 5 nitrogen and oxygen atoms in total. The minimum atomic E-state index is -3.62. The number of amides is 1. The number of hydrogen-bond acceptors (Lipinski definition) is 3. The highest BCUT2D eigenvalue weighted by atomic mass is 35.5. The van der Waals surface area contributed by atoms with E-state index in [0.29, 0.717) is 32.2 Å². The number of anilines is 1. The van der Waals surface area contributed by atoms with Crippen molar-refractivity contribution >= 4 is 55.5 Å². The first-order valence-electron chi connectivity index (χ1n) is 9.43. The zero-order valence-electron chi connectivity index (χ0n) is 16.3. The fourth-order valence-electron chi connectivity index (χ4n) is 3.40. The van der Waals surface area contributed by atoms with Crippen molar-refractivity contribution in [3.63, 3.8) is 0 Å². The largest absolute Gasteiger partial charge is 0.337 e. The zero-order chi connectivity index (χ0) is 22.0. The van der Waals surface area contributed by atoms with Gasteiger partial charge in [-0.2, -0.15) is 0 Å². The highest BCUT2D eigenvalue weighted by Crippen LogP contribution is 2.29. The molecule has 0 spiro atoms. The van der Waals surface area contributed by atoms with Crippen LogP contribution in [0.25, 0.3) is 10.9 Å². The molecule has 8 heteroatoms. The molecule has 158 valence electrons. The number of benzene rings is 3. The lowest BCUT2D eigenvalue weighted by Gasteiger charge is -2.09. The fraction of sp³-hybridized carbons (Fsp3) is 0.0870. The van der Waals surface area contributed by atoms with Crippen LogP contribution >= 0.6 is 23.2 Å². The number of hydrogen-bond donors (Lipinski definition) is 1. The SMILES string of the molecule is O=C(Cn1cc(S(=O)(=O)Cc2ccccc2)c2ccccc21)Nc1cc(Cl)ccc1Cl. The molecule has 0 bridgehead atoms. The van der Waals surface area contributed by atoms with Crippen LogP contribution < -0.4 is 5.32 Å². The summed E-state index contributed by atoms with van der Waals surface area (Å²) >= 11 is 12.1. The molecule has 1 heterocycles. The Morgan fingerprint density at radius 3 is 2.42 bits per heavy atom. The number of carbonyl (C=O) groups excluding carboxylic acids is 1. The van der Waals surface area contributed by atoms with Crippen LogP contribution in [0.5, 0.6) is 0 Å². The van der Waals surface area contributed by atoms with Crippen molar-refractivity contribution in [2.45, 2.75) is 17.2 Å². The van der Waals surface area contributed by atoms with Crippen LogP contribution in [0.2, 0.25) is 10.0 Å². The minimum Gasteiger partial charge on any atom is -0.337 e. The highest BCUT2D eigenvalue weighted by molar-refractivity contribution is 7.90. The normalized spacial score (nSPS) is 11.5. The second-order valence-corrected chi connectivity index (χ2v) is 9.86. The van der Waals surface area contributed by atoms with Crippen molar-refractivity contribution in [3.05, 3.63) is 94.6 Å². The summed E-state index contributed by atoms with van der Waals surface area (Å²) in [5, 5.41) is 4.11. The maximum absolute atomic E-state index is 13.1. The van der Waals surface area contributed by atoms with Crippen molar-refractivity contribution in [2.75, 3.05) is 5.32 Å². The first-order chi connectivity index (χ1) is 14.8. The third-order valence-electron chi connectivity index (χ3n) is 4.80. The van der Waals surface area contributed by atoms with Crippen LogP contribution in [0.1, 0.15) is 5.56 Å². The van der Waals surface area contributed by atoms with E-state index in [1.807, 2.05) is 6.07 Å². The lowest BCUT2D eigenvalue weighted by molar-refractivity contribution is -0.116. The molecular weight excluding hydrogens is 455 g/mol. The van der Waals surface area contributed by atoms with E-state index in [1.165, 1.54) is 6.20 Å². The van der Waals surface area contributed by atoms with Gasteiger partial charge in [-0.25, -0.2) is 8.42 Å². The molecule has 0 unspecified atom stereocenters. The summed E-state index contributed by atoms with van der Waals surface area (Å²) < 4.78 is 27.9. The van der Waals surface area contributed by atoms with Crippen molar-refractivity contribution in [3.8, 4) is 0 Å². The number of carbonyl (C=O) groups is 1. The maximum atomic E-state index is 13.1. The lowest BCUT2D eigenvalue weighted by atomic mass is 10.2. The van der Waals surface area contributed by atoms with Gasteiger partial charge in [0.15, 0.2) is 9.84 Å². The molecule has 0 saturated heterocycles. The summed E-state index contributed by atoms with van der Waals surface area (Å²) in [7, 11) is -3.62. The first-order valence-corrected chi connectivity index (χ1v) is 11.8. The quantitative estimate of drug-likeness (QED) is 0.399. The van der Waals surface area contributed by atoms with Gasteiger partial charge in [-0.1, -0.05) is 71.7 Å². The topological polar surface area (TPSA) is 68.2 Å². The number of aromatic nitrogens is 1. The summed E-state index contributed by atoms with van der Waals surface area (Å²) in [6, 6.07) is 20.9. The van der Waals surface area contributed by atoms with Gasteiger partial charge in [-0.15, -0.1) is 0 Å². The Balaban J connectivity index is 1.65. The van der Waals surface area contributed by atoms with Gasteiger partial charge < -0.3 is 9.88 Å². The predicted octanol–water partition coefficient (Wildman–Crippen LogP) is 5.56. The Hall–Kier alpha value is -2.80. The second-order valence-electron chi connectivity index (χ2n) is 7.06. The van der Waals surface area contributed by atoms with E-state index in [2.05, 4.69) is 5.32 Å². The smallest absolute Gasteiger partial charge is 0.244 e. The van der Waals surface area contributed by atoms with Crippen LogP contribution in [0.3, 0.4) is 0 Å². The van der Waals surface area contributed by atoms with Gasteiger partial charge in [-0.05, 0) is 29.8 Å². The van der Waals surface area contributed by atoms with Gasteiger partial charge in [0.1, 0.15) is 6.54 Å². The van der Waals surface area contributed by atoms with E-state index in [4.69, 9.17) is 23.2 Å². The maximum Gasteiger partial charge on any atom is 0.244 e. The molecule has 1 N–H and O–H groups in total. The van der Waals surface area contributed by atoms with E-state index in [1.54, 1.807) is 71.3 Å². The van der Waals surface area contributed by atoms with Crippen LogP contribution in [-0.2, 0) is 26.9 Å². The molecule has 4 rings (SSSR count). The summed E-state index contributed by atoms with van der Waals surface area (Å²) in [6.07, 6.45) is 1.52. The third kappa shape index (κ3) is 4.77. The summed E-state index contributed by atoms with van der Waals surface area (Å²) in [4.78, 5) is 12.9. The molecule has 0 fully saturated rings. The van der Waals surface area contributed by atoms with Gasteiger partial charge in [0.05, 0.1) is 21.4 Å². The number of rotatable bonds is 6. The highest BCUT2D eigenvalue weighted by Gasteiger charge is 2.22. The van der Waals surface area contributed by atoms with Gasteiger partial charge in [0, 0.05) is 22.1 Å². The number of para-hydroxylation sites is 1.